The van der Waals surface area contributed by atoms with E-state index < -0.39 is 10.0 Å². The maximum atomic E-state index is 13.0. The summed E-state index contributed by atoms with van der Waals surface area (Å²) >= 11 is 0. The number of nitrogens with one attached hydrogen (secondary N) is 3. The number of anilines is 5. The molecule has 0 saturated heterocycles. The van der Waals surface area contributed by atoms with Crippen LogP contribution in [-0.4, -0.2) is 18.4 Å². The number of rotatable bonds is 7. The molecule has 0 saturated carbocycles. The van der Waals surface area contributed by atoms with Gasteiger partial charge in [-0.2, -0.15) is 4.98 Å². The summed E-state index contributed by atoms with van der Waals surface area (Å²) in [6, 6.07) is 22.4. The van der Waals surface area contributed by atoms with Crippen molar-refractivity contribution >= 4 is 38.9 Å². The topological polar surface area (TPSA) is 96.0 Å². The number of hydrogen-bond acceptors (Lipinski definition) is 6. The van der Waals surface area contributed by atoms with E-state index in [2.05, 4.69) is 25.3 Å². The second kappa shape index (κ2) is 9.99. The van der Waals surface area contributed by atoms with Crippen LogP contribution in [0.4, 0.5) is 28.8 Å². The van der Waals surface area contributed by atoms with E-state index >= 15 is 0 Å². The first-order chi connectivity index (χ1) is 17.3. The highest BCUT2D eigenvalue weighted by atomic mass is 32.2. The molecule has 5 rings (SSSR count). The molecule has 0 aliphatic heterocycles. The van der Waals surface area contributed by atoms with Crippen LogP contribution in [0, 0.1) is 13.8 Å². The minimum Gasteiger partial charge on any atom is -0.340 e. The van der Waals surface area contributed by atoms with E-state index in [0.717, 1.165) is 48.3 Å². The van der Waals surface area contributed by atoms with Gasteiger partial charge in [-0.25, -0.2) is 13.4 Å². The van der Waals surface area contributed by atoms with Gasteiger partial charge in [0.15, 0.2) is 0 Å². The van der Waals surface area contributed by atoms with E-state index in [-0.39, 0.29) is 0 Å². The Balaban J connectivity index is 1.27. The van der Waals surface area contributed by atoms with E-state index in [4.69, 9.17) is 0 Å². The smallest absolute Gasteiger partial charge is 0.261 e. The number of nitrogens with zero attached hydrogens (tertiary/aromatic N) is 2. The summed E-state index contributed by atoms with van der Waals surface area (Å²) < 4.78 is 28.6. The number of sulfonamides is 1. The van der Waals surface area contributed by atoms with Crippen LogP contribution in [0.25, 0.3) is 0 Å². The Morgan fingerprint density at radius 3 is 2.08 bits per heavy atom. The largest absolute Gasteiger partial charge is 0.340 e. The van der Waals surface area contributed by atoms with Gasteiger partial charge in [0, 0.05) is 28.8 Å². The van der Waals surface area contributed by atoms with Crippen molar-refractivity contribution in [3.8, 4) is 0 Å². The predicted octanol–water partition coefficient (Wildman–Crippen LogP) is 6.26. The minimum absolute atomic E-state index is 0.301. The summed E-state index contributed by atoms with van der Waals surface area (Å²) in [5.41, 5.74) is 6.59. The van der Waals surface area contributed by atoms with Crippen LogP contribution >= 0.6 is 0 Å². The van der Waals surface area contributed by atoms with E-state index in [9.17, 15) is 8.42 Å². The molecule has 1 aromatic heterocycles. The third-order valence-electron chi connectivity index (χ3n) is 6.20. The molecule has 3 aromatic carbocycles. The maximum absolute atomic E-state index is 13.0. The zero-order chi connectivity index (χ0) is 25.1. The summed E-state index contributed by atoms with van der Waals surface area (Å²) in [6.07, 6.45) is 4.22. The van der Waals surface area contributed by atoms with E-state index in [0.29, 0.717) is 22.3 Å². The lowest BCUT2D eigenvalue weighted by Crippen LogP contribution is -2.14. The molecule has 0 atom stereocenters. The van der Waals surface area contributed by atoms with Gasteiger partial charge in [0.05, 0.1) is 4.90 Å². The summed E-state index contributed by atoms with van der Waals surface area (Å²) in [5, 5.41) is 6.50. The summed E-state index contributed by atoms with van der Waals surface area (Å²) in [4.78, 5) is 9.32. The molecule has 0 unspecified atom stereocenters. The molecule has 0 spiro atoms. The Morgan fingerprint density at radius 1 is 0.694 bits per heavy atom. The lowest BCUT2D eigenvalue weighted by Gasteiger charge is -2.17. The van der Waals surface area contributed by atoms with Gasteiger partial charge in [-0.15, -0.1) is 0 Å². The van der Waals surface area contributed by atoms with Crippen LogP contribution in [0.3, 0.4) is 0 Å². The van der Waals surface area contributed by atoms with Gasteiger partial charge in [0.2, 0.25) is 5.95 Å². The van der Waals surface area contributed by atoms with Crippen molar-refractivity contribution in [1.82, 2.24) is 9.97 Å². The molecule has 36 heavy (non-hydrogen) atoms. The molecule has 8 heteroatoms. The van der Waals surface area contributed by atoms with Crippen molar-refractivity contribution in [2.45, 2.75) is 44.4 Å². The molecule has 0 bridgehead atoms. The summed E-state index contributed by atoms with van der Waals surface area (Å²) in [7, 11) is -3.66. The second-order valence-corrected chi connectivity index (χ2v) is 10.8. The van der Waals surface area contributed by atoms with Gasteiger partial charge >= 0.3 is 0 Å². The number of aromatic nitrogens is 2. The lowest BCUT2D eigenvalue weighted by atomic mass is 9.92. The van der Waals surface area contributed by atoms with Gasteiger partial charge < -0.3 is 10.6 Å². The highest BCUT2D eigenvalue weighted by Gasteiger charge is 2.18. The molecule has 184 valence electrons. The third kappa shape index (κ3) is 5.66. The monoisotopic (exact) mass is 499 g/mol. The average Bonchev–Trinajstić information content (AvgIpc) is 2.86. The van der Waals surface area contributed by atoms with E-state index in [1.807, 2.05) is 68.4 Å². The SMILES string of the molecule is Cc1ccc(Nc2nc(C)cc(Nc3ccc(NS(=O)(=O)c4ccc5c(c4)CCCC5)cc3)n2)cc1. The van der Waals surface area contributed by atoms with Gasteiger partial charge in [-0.05, 0) is 99.2 Å². The molecule has 7 nitrogen and oxygen atoms in total. The number of hydrogen-bond donors (Lipinski definition) is 3. The normalized spacial score (nSPS) is 13.1. The zero-order valence-corrected chi connectivity index (χ0v) is 21.2. The Hall–Kier alpha value is -3.91. The van der Waals surface area contributed by atoms with Crippen LogP contribution in [0.5, 0.6) is 0 Å². The lowest BCUT2D eigenvalue weighted by molar-refractivity contribution is 0.600. The molecule has 0 amide bonds. The maximum Gasteiger partial charge on any atom is 0.261 e. The van der Waals surface area contributed by atoms with Crippen LogP contribution in [-0.2, 0) is 22.9 Å². The molecule has 4 aromatic rings. The van der Waals surface area contributed by atoms with Crippen LogP contribution in [0.1, 0.15) is 35.2 Å². The fraction of sp³-hybridized carbons (Fsp3) is 0.214. The van der Waals surface area contributed by atoms with Crippen LogP contribution in [0.2, 0.25) is 0 Å². The molecule has 1 aliphatic carbocycles. The predicted molar refractivity (Wildman–Crippen MR) is 145 cm³/mol. The van der Waals surface area contributed by atoms with Gasteiger partial charge in [0.25, 0.3) is 10.0 Å². The Bertz CT molecular complexity index is 1480. The average molecular weight is 500 g/mol. The van der Waals surface area contributed by atoms with E-state index in [1.54, 1.807) is 18.2 Å². The van der Waals surface area contributed by atoms with Gasteiger partial charge in [-0.1, -0.05) is 23.8 Å². The highest BCUT2D eigenvalue weighted by molar-refractivity contribution is 7.92. The van der Waals surface area contributed by atoms with Gasteiger partial charge in [0.1, 0.15) is 5.82 Å². The first-order valence-electron chi connectivity index (χ1n) is 12.1. The fourth-order valence-corrected chi connectivity index (χ4v) is 5.42. The Morgan fingerprint density at radius 2 is 1.33 bits per heavy atom. The second-order valence-electron chi connectivity index (χ2n) is 9.15. The van der Waals surface area contributed by atoms with Crippen molar-refractivity contribution in [3.63, 3.8) is 0 Å². The number of fused-ring (bicyclic) bond motifs is 1. The molecular formula is C28H29N5O2S. The molecule has 0 radical (unpaired) electrons. The first kappa shape index (κ1) is 23.8. The highest BCUT2D eigenvalue weighted by Crippen LogP contribution is 2.26. The Kier molecular flexibility index (Phi) is 6.61. The molecule has 3 N–H and O–H groups in total. The summed E-state index contributed by atoms with van der Waals surface area (Å²) in [6.45, 7) is 3.95. The van der Waals surface area contributed by atoms with Crippen LogP contribution < -0.4 is 15.4 Å². The minimum atomic E-state index is -3.66. The summed E-state index contributed by atoms with van der Waals surface area (Å²) in [5.74, 6) is 1.13. The van der Waals surface area contributed by atoms with Crippen molar-refractivity contribution < 1.29 is 8.42 Å². The number of benzene rings is 3. The van der Waals surface area contributed by atoms with Crippen LogP contribution in [0.15, 0.2) is 77.7 Å². The molecule has 0 fully saturated rings. The van der Waals surface area contributed by atoms with Crippen molar-refractivity contribution in [1.29, 1.82) is 0 Å². The fourth-order valence-electron chi connectivity index (χ4n) is 4.32. The van der Waals surface area contributed by atoms with Crippen molar-refractivity contribution in [3.05, 3.63) is 95.2 Å². The quantitative estimate of drug-likeness (QED) is 0.278. The van der Waals surface area contributed by atoms with Gasteiger partial charge in [-0.3, -0.25) is 4.72 Å². The molecular weight excluding hydrogens is 470 g/mol. The first-order valence-corrected chi connectivity index (χ1v) is 13.5. The standard InChI is InChI=1S/C28H29N5O2S/c1-19-7-10-24(11-8-19)31-28-29-20(2)17-27(32-28)30-23-12-14-25(15-13-23)33-36(34,35)26-16-9-21-5-3-4-6-22(21)18-26/h7-18,33H,3-6H2,1-2H3,(H2,29,30,31,32). The molecule has 1 heterocycles. The Labute approximate surface area is 212 Å². The third-order valence-corrected chi connectivity index (χ3v) is 7.58. The zero-order valence-electron chi connectivity index (χ0n) is 20.4. The van der Waals surface area contributed by atoms with E-state index in [1.165, 1.54) is 11.1 Å². The molecule has 1 aliphatic rings. The van der Waals surface area contributed by atoms with Crippen molar-refractivity contribution in [2.75, 3.05) is 15.4 Å². The number of aryl methyl sites for hydroxylation is 4. The van der Waals surface area contributed by atoms with Crippen molar-refractivity contribution in [2.24, 2.45) is 0 Å².